The normalized spacial score (nSPS) is 38.0. The van der Waals surface area contributed by atoms with Crippen LogP contribution in [0.15, 0.2) is 0 Å². The van der Waals surface area contributed by atoms with Crippen molar-refractivity contribution in [2.45, 2.75) is 6.42 Å². The highest BCUT2D eigenvalue weighted by molar-refractivity contribution is 8.56. The van der Waals surface area contributed by atoms with Gasteiger partial charge in [-0.2, -0.15) is 0 Å². The van der Waals surface area contributed by atoms with Crippen LogP contribution in [0.5, 0.6) is 0 Å². The summed E-state index contributed by atoms with van der Waals surface area (Å²) in [6, 6.07) is 0. The molecule has 1 saturated heterocycles. The molecule has 0 amide bonds. The van der Waals surface area contributed by atoms with E-state index in [1.165, 1.54) is 18.5 Å². The van der Waals surface area contributed by atoms with Crippen LogP contribution in [0.4, 0.5) is 0 Å². The number of rotatable bonds is 1. The summed E-state index contributed by atoms with van der Waals surface area (Å²) in [4.78, 5) is 0. The fourth-order valence-corrected chi connectivity index (χ4v) is 4.90. The molecule has 0 aromatic heterocycles. The van der Waals surface area contributed by atoms with Gasteiger partial charge < -0.3 is 4.52 Å². The molecule has 0 aliphatic carbocycles. The van der Waals surface area contributed by atoms with E-state index in [4.69, 9.17) is 10.9 Å². The van der Waals surface area contributed by atoms with Gasteiger partial charge in [0, 0.05) is 24.9 Å². The minimum atomic E-state index is -2.32. The van der Waals surface area contributed by atoms with Gasteiger partial charge in [-0.1, -0.05) is 11.4 Å². The summed E-state index contributed by atoms with van der Waals surface area (Å²) in [5.74, 6) is 3.74. The predicted octanol–water partition coefficient (Wildman–Crippen LogP) is 2.21. The van der Waals surface area contributed by atoms with Crippen molar-refractivity contribution in [2.75, 3.05) is 19.0 Å². The zero-order valence-corrected chi connectivity index (χ0v) is 8.16. The molecule has 1 heterocycles. The van der Waals surface area contributed by atoms with Gasteiger partial charge in [-0.25, -0.2) is 0 Å². The van der Waals surface area contributed by atoms with Gasteiger partial charge in [-0.05, 0) is 6.42 Å². The molecule has 62 valence electrons. The Morgan fingerprint density at radius 2 is 2.55 bits per heavy atom. The minimum Gasteiger partial charge on any atom is -0.324 e. The lowest BCUT2D eigenvalue weighted by molar-refractivity contribution is 0.405. The van der Waals surface area contributed by atoms with Gasteiger partial charge in [0.05, 0.1) is 0 Å². The van der Waals surface area contributed by atoms with Crippen LogP contribution in [0.25, 0.3) is 0 Å². The topological polar surface area (TPSA) is 26.3 Å². The minimum absolute atomic E-state index is 0.289. The smallest absolute Gasteiger partial charge is 0.257 e. The summed E-state index contributed by atoms with van der Waals surface area (Å²) in [6.45, 7) is -2.32. The highest BCUT2D eigenvalue weighted by Crippen LogP contribution is 2.62. The summed E-state index contributed by atoms with van der Waals surface area (Å²) in [5.41, 5.74) is 0. The van der Waals surface area contributed by atoms with Crippen molar-refractivity contribution in [3.63, 3.8) is 0 Å². The molecule has 1 aliphatic rings. The first-order chi connectivity index (χ1) is 5.20. The van der Waals surface area contributed by atoms with Crippen LogP contribution in [0.3, 0.4) is 0 Å². The van der Waals surface area contributed by atoms with Crippen molar-refractivity contribution in [3.8, 4) is 12.3 Å². The van der Waals surface area contributed by atoms with Crippen LogP contribution in [0, 0.1) is 18.3 Å². The molecule has 2 nitrogen and oxygen atoms in total. The average molecular weight is 190 g/mol. The van der Waals surface area contributed by atoms with Gasteiger partial charge >= 0.3 is 0 Å². The lowest BCUT2D eigenvalue weighted by Gasteiger charge is -2.23. The van der Waals surface area contributed by atoms with Crippen molar-refractivity contribution in [3.05, 3.63) is 0 Å². The Labute approximate surface area is 71.3 Å². The third kappa shape index (κ3) is 2.27. The standard InChI is InChI=1S/C7H11O2PS/c1-3-7-4-5-10(8,9-2)11-6-7/h1,7H,4-6H2,2H3. The quantitative estimate of drug-likeness (QED) is 0.468. The molecular formula is C7H11O2PS. The third-order valence-corrected chi connectivity index (χ3v) is 6.67. The Balaban J connectivity index is 2.49. The molecule has 1 aliphatic heterocycles. The van der Waals surface area contributed by atoms with Crippen molar-refractivity contribution in [1.29, 1.82) is 0 Å². The molecule has 0 bridgehead atoms. The largest absolute Gasteiger partial charge is 0.324 e. The van der Waals surface area contributed by atoms with E-state index >= 15 is 0 Å². The molecule has 0 aromatic carbocycles. The Kier molecular flexibility index (Phi) is 3.06. The molecule has 0 spiro atoms. The predicted molar refractivity (Wildman–Crippen MR) is 48.9 cm³/mol. The fraction of sp³-hybridized carbons (Fsp3) is 0.714. The SMILES string of the molecule is C#CC1CCP(=O)(OC)SC1. The van der Waals surface area contributed by atoms with Crippen molar-refractivity contribution in [1.82, 2.24) is 0 Å². The summed E-state index contributed by atoms with van der Waals surface area (Å²) in [6.07, 6.45) is 6.71. The number of hydrogen-bond donors (Lipinski definition) is 0. The second-order valence-electron chi connectivity index (χ2n) is 2.47. The molecule has 11 heavy (non-hydrogen) atoms. The second kappa shape index (κ2) is 3.67. The maximum atomic E-state index is 11.5. The summed E-state index contributed by atoms with van der Waals surface area (Å²) in [7, 11) is 1.50. The van der Waals surface area contributed by atoms with E-state index in [0.29, 0.717) is 6.16 Å². The Hall–Kier alpha value is 0.100. The van der Waals surface area contributed by atoms with E-state index in [-0.39, 0.29) is 5.92 Å². The molecule has 2 unspecified atom stereocenters. The highest BCUT2D eigenvalue weighted by atomic mass is 32.7. The van der Waals surface area contributed by atoms with Crippen LogP contribution < -0.4 is 0 Å². The first kappa shape index (κ1) is 9.19. The van der Waals surface area contributed by atoms with Crippen LogP contribution in [-0.4, -0.2) is 19.0 Å². The Morgan fingerprint density at radius 1 is 1.82 bits per heavy atom. The van der Waals surface area contributed by atoms with Crippen LogP contribution in [-0.2, 0) is 9.09 Å². The van der Waals surface area contributed by atoms with Gasteiger partial charge in [0.15, 0.2) is 0 Å². The maximum absolute atomic E-state index is 11.5. The monoisotopic (exact) mass is 190 g/mol. The van der Waals surface area contributed by atoms with E-state index in [0.717, 1.165) is 12.2 Å². The van der Waals surface area contributed by atoms with Gasteiger partial charge in [-0.3, -0.25) is 4.57 Å². The molecule has 0 aromatic rings. The molecule has 0 saturated carbocycles. The Morgan fingerprint density at radius 3 is 2.91 bits per heavy atom. The lowest BCUT2D eigenvalue weighted by Crippen LogP contribution is -2.09. The number of hydrogen-bond acceptors (Lipinski definition) is 3. The highest BCUT2D eigenvalue weighted by Gasteiger charge is 2.29. The molecular weight excluding hydrogens is 179 g/mol. The third-order valence-electron chi connectivity index (χ3n) is 1.74. The second-order valence-corrected chi connectivity index (χ2v) is 7.53. The number of terminal acetylenes is 1. The van der Waals surface area contributed by atoms with Crippen LogP contribution >= 0.6 is 18.0 Å². The molecule has 0 N–H and O–H groups in total. The molecule has 2 atom stereocenters. The van der Waals surface area contributed by atoms with Gasteiger partial charge in [0.25, 0.3) is 6.57 Å². The zero-order valence-electron chi connectivity index (χ0n) is 6.45. The molecule has 1 rings (SSSR count). The Bertz CT molecular complexity index is 209. The van der Waals surface area contributed by atoms with Crippen LogP contribution in [0.2, 0.25) is 0 Å². The summed E-state index contributed by atoms with van der Waals surface area (Å²) in [5, 5.41) is 0. The van der Waals surface area contributed by atoms with E-state index in [1.54, 1.807) is 0 Å². The average Bonchev–Trinajstić information content (AvgIpc) is 2.06. The molecule has 1 fully saturated rings. The summed E-state index contributed by atoms with van der Waals surface area (Å²) < 4.78 is 16.5. The van der Waals surface area contributed by atoms with E-state index in [9.17, 15) is 4.57 Å². The van der Waals surface area contributed by atoms with Crippen LogP contribution in [0.1, 0.15) is 6.42 Å². The summed E-state index contributed by atoms with van der Waals surface area (Å²) >= 11 is 1.39. The van der Waals surface area contributed by atoms with Gasteiger partial charge in [0.1, 0.15) is 0 Å². The van der Waals surface area contributed by atoms with Crippen molar-refractivity contribution < 1.29 is 9.09 Å². The first-order valence-corrected chi connectivity index (χ1v) is 6.86. The lowest BCUT2D eigenvalue weighted by atomic mass is 10.1. The van der Waals surface area contributed by atoms with E-state index in [2.05, 4.69) is 5.92 Å². The van der Waals surface area contributed by atoms with E-state index < -0.39 is 6.57 Å². The zero-order chi connectivity index (χ0) is 8.32. The first-order valence-electron chi connectivity index (χ1n) is 3.45. The van der Waals surface area contributed by atoms with Crippen molar-refractivity contribution in [2.24, 2.45) is 5.92 Å². The van der Waals surface area contributed by atoms with E-state index in [1.807, 2.05) is 0 Å². The van der Waals surface area contributed by atoms with Gasteiger partial charge in [0.2, 0.25) is 0 Å². The van der Waals surface area contributed by atoms with Gasteiger partial charge in [-0.15, -0.1) is 12.3 Å². The van der Waals surface area contributed by atoms with Crippen molar-refractivity contribution >= 4 is 18.0 Å². The fourth-order valence-electron chi connectivity index (χ4n) is 0.941. The molecule has 4 heteroatoms. The maximum Gasteiger partial charge on any atom is 0.257 e. The molecule has 0 radical (unpaired) electrons.